The Labute approximate surface area is 106 Å². The van der Waals surface area contributed by atoms with Gasteiger partial charge in [-0.2, -0.15) is 0 Å². The molecule has 0 saturated heterocycles. The third-order valence-electron chi connectivity index (χ3n) is 2.55. The van der Waals surface area contributed by atoms with E-state index in [0.717, 1.165) is 13.0 Å². The van der Waals surface area contributed by atoms with E-state index in [0.29, 0.717) is 30.4 Å². The lowest BCUT2D eigenvalue weighted by atomic mass is 10.3. The van der Waals surface area contributed by atoms with Crippen LogP contribution in [0, 0.1) is 0 Å². The second kappa shape index (κ2) is 6.05. The number of hydrogen-bond acceptors (Lipinski definition) is 4. The highest BCUT2D eigenvalue weighted by atomic mass is 16.5. The van der Waals surface area contributed by atoms with E-state index in [1.165, 1.54) is 0 Å². The zero-order valence-electron chi connectivity index (χ0n) is 10.4. The summed E-state index contributed by atoms with van der Waals surface area (Å²) in [6.07, 6.45) is 0.965. The number of hydrogen-bond donors (Lipinski definition) is 2. The van der Waals surface area contributed by atoms with Gasteiger partial charge in [0, 0.05) is 13.1 Å². The van der Waals surface area contributed by atoms with Crippen LogP contribution in [-0.2, 0) is 4.79 Å². The van der Waals surface area contributed by atoms with Crippen molar-refractivity contribution in [2.24, 2.45) is 4.99 Å². The first-order chi connectivity index (χ1) is 8.81. The molecule has 96 valence electrons. The van der Waals surface area contributed by atoms with Crippen LogP contribution in [0.25, 0.3) is 0 Å². The van der Waals surface area contributed by atoms with Gasteiger partial charge >= 0.3 is 0 Å². The summed E-state index contributed by atoms with van der Waals surface area (Å²) in [4.78, 5) is 16.1. The monoisotopic (exact) mass is 247 g/mol. The molecule has 18 heavy (non-hydrogen) atoms. The van der Waals surface area contributed by atoms with E-state index in [1.54, 1.807) is 0 Å². The second-order valence-corrected chi connectivity index (χ2v) is 3.89. The third-order valence-corrected chi connectivity index (χ3v) is 2.55. The quantitative estimate of drug-likeness (QED) is 0.845. The van der Waals surface area contributed by atoms with Gasteiger partial charge < -0.3 is 15.4 Å². The number of aliphatic imine (C=N–C) groups is 1. The Morgan fingerprint density at radius 1 is 1.50 bits per heavy atom. The van der Waals surface area contributed by atoms with Gasteiger partial charge in [0.2, 0.25) is 0 Å². The summed E-state index contributed by atoms with van der Waals surface area (Å²) in [6, 6.07) is 7.37. The Morgan fingerprint density at radius 3 is 3.06 bits per heavy atom. The van der Waals surface area contributed by atoms with Crippen LogP contribution in [-0.4, -0.2) is 31.4 Å². The van der Waals surface area contributed by atoms with Crippen molar-refractivity contribution in [1.29, 1.82) is 0 Å². The van der Waals surface area contributed by atoms with E-state index < -0.39 is 0 Å². The number of benzene rings is 1. The predicted octanol–water partition coefficient (Wildman–Crippen LogP) is 1.42. The van der Waals surface area contributed by atoms with Crippen LogP contribution >= 0.6 is 0 Å². The lowest BCUT2D eigenvalue weighted by molar-refractivity contribution is -0.110. The van der Waals surface area contributed by atoms with Crippen LogP contribution in [0.1, 0.15) is 13.3 Å². The molecule has 1 aliphatic rings. The van der Waals surface area contributed by atoms with Crippen molar-refractivity contribution in [3.05, 3.63) is 24.3 Å². The number of ether oxygens (including phenoxy) is 1. The lowest BCUT2D eigenvalue weighted by Crippen LogP contribution is -2.39. The van der Waals surface area contributed by atoms with Crippen LogP contribution in [0.15, 0.2) is 29.3 Å². The van der Waals surface area contributed by atoms with Crippen LogP contribution in [0.5, 0.6) is 5.75 Å². The average molecular weight is 247 g/mol. The van der Waals surface area contributed by atoms with Gasteiger partial charge in [-0.05, 0) is 25.5 Å². The molecule has 5 nitrogen and oxygen atoms in total. The van der Waals surface area contributed by atoms with Gasteiger partial charge in [0.1, 0.15) is 5.75 Å². The molecule has 1 heterocycles. The Hall–Kier alpha value is -2.04. The fraction of sp³-hybridized carbons (Fsp3) is 0.385. The fourth-order valence-corrected chi connectivity index (χ4v) is 1.72. The molecule has 1 aromatic rings. The first-order valence-corrected chi connectivity index (χ1v) is 6.12. The highest BCUT2D eigenvalue weighted by Gasteiger charge is 2.15. The maximum absolute atomic E-state index is 12.0. The number of anilines is 1. The standard InChI is InChI=1S/C13H17N3O2/c1-2-18-11-7-4-3-6-10(11)16-13(17)12-14-8-5-9-15-12/h3-4,6-7H,2,5,8-9H2,1H3,(H,14,15)(H,16,17). The van der Waals surface area contributed by atoms with Crippen LogP contribution in [0.3, 0.4) is 0 Å². The molecule has 1 aromatic carbocycles. The van der Waals surface area contributed by atoms with Gasteiger partial charge in [-0.1, -0.05) is 12.1 Å². The summed E-state index contributed by atoms with van der Waals surface area (Å²) in [6.45, 7) is 3.96. The van der Waals surface area contributed by atoms with E-state index in [4.69, 9.17) is 4.74 Å². The van der Waals surface area contributed by atoms with Crippen molar-refractivity contribution in [1.82, 2.24) is 5.32 Å². The molecule has 0 aromatic heterocycles. The normalized spacial score (nSPS) is 14.4. The number of amides is 1. The summed E-state index contributed by atoms with van der Waals surface area (Å²) < 4.78 is 5.45. The van der Waals surface area contributed by atoms with E-state index in [9.17, 15) is 4.79 Å². The predicted molar refractivity (Wildman–Crippen MR) is 71.2 cm³/mol. The second-order valence-electron chi connectivity index (χ2n) is 3.89. The molecule has 0 aliphatic carbocycles. The van der Waals surface area contributed by atoms with Crippen molar-refractivity contribution in [3.8, 4) is 5.75 Å². The Bertz CT molecular complexity index is 457. The highest BCUT2D eigenvalue weighted by molar-refractivity contribution is 6.42. The molecule has 0 spiro atoms. The fourth-order valence-electron chi connectivity index (χ4n) is 1.72. The number of para-hydroxylation sites is 2. The van der Waals surface area contributed by atoms with Crippen molar-refractivity contribution < 1.29 is 9.53 Å². The van der Waals surface area contributed by atoms with Crippen molar-refractivity contribution >= 4 is 17.4 Å². The zero-order valence-corrected chi connectivity index (χ0v) is 10.4. The number of nitrogens with zero attached hydrogens (tertiary/aromatic N) is 1. The van der Waals surface area contributed by atoms with Gasteiger partial charge in [-0.25, -0.2) is 0 Å². The van der Waals surface area contributed by atoms with E-state index in [-0.39, 0.29) is 5.91 Å². The van der Waals surface area contributed by atoms with Gasteiger partial charge in [0.05, 0.1) is 12.3 Å². The highest BCUT2D eigenvalue weighted by Crippen LogP contribution is 2.23. The molecule has 0 fully saturated rings. The maximum atomic E-state index is 12.0. The van der Waals surface area contributed by atoms with Crippen LogP contribution in [0.2, 0.25) is 0 Å². The zero-order chi connectivity index (χ0) is 12.8. The third kappa shape index (κ3) is 3.00. The summed E-state index contributed by atoms with van der Waals surface area (Å²) in [7, 11) is 0. The molecule has 0 unspecified atom stereocenters. The molecule has 1 aliphatic heterocycles. The SMILES string of the molecule is CCOc1ccccc1NC(=O)C1=NCCCN1. The molecule has 2 rings (SSSR count). The maximum Gasteiger partial charge on any atom is 0.290 e. The number of amidine groups is 1. The van der Waals surface area contributed by atoms with Crippen molar-refractivity contribution in [2.45, 2.75) is 13.3 Å². The van der Waals surface area contributed by atoms with Crippen LogP contribution < -0.4 is 15.4 Å². The number of rotatable bonds is 4. The molecule has 0 saturated carbocycles. The summed E-state index contributed by atoms with van der Waals surface area (Å²) in [5.74, 6) is 0.846. The van der Waals surface area contributed by atoms with Crippen LogP contribution in [0.4, 0.5) is 5.69 Å². The minimum Gasteiger partial charge on any atom is -0.492 e. The molecule has 0 atom stereocenters. The minimum absolute atomic E-state index is 0.221. The lowest BCUT2D eigenvalue weighted by Gasteiger charge is -2.15. The first kappa shape index (κ1) is 12.4. The van der Waals surface area contributed by atoms with Crippen molar-refractivity contribution in [3.63, 3.8) is 0 Å². The minimum atomic E-state index is -0.221. The van der Waals surface area contributed by atoms with Crippen molar-refractivity contribution in [2.75, 3.05) is 25.0 Å². The number of carbonyl (C=O) groups is 1. The Balaban J connectivity index is 2.08. The average Bonchev–Trinajstić information content (AvgIpc) is 2.42. The smallest absolute Gasteiger partial charge is 0.290 e. The molecule has 5 heteroatoms. The topological polar surface area (TPSA) is 62.7 Å². The van der Waals surface area contributed by atoms with E-state index in [2.05, 4.69) is 15.6 Å². The Morgan fingerprint density at radius 2 is 2.33 bits per heavy atom. The largest absolute Gasteiger partial charge is 0.492 e. The first-order valence-electron chi connectivity index (χ1n) is 6.12. The van der Waals surface area contributed by atoms with E-state index in [1.807, 2.05) is 31.2 Å². The molecule has 2 N–H and O–H groups in total. The van der Waals surface area contributed by atoms with Gasteiger partial charge in [-0.15, -0.1) is 0 Å². The summed E-state index contributed by atoms with van der Waals surface area (Å²) in [5, 5.41) is 5.80. The Kier molecular flexibility index (Phi) is 4.17. The van der Waals surface area contributed by atoms with E-state index >= 15 is 0 Å². The summed E-state index contributed by atoms with van der Waals surface area (Å²) in [5.41, 5.74) is 0.666. The molecule has 0 bridgehead atoms. The number of carbonyl (C=O) groups excluding carboxylic acids is 1. The molecule has 0 radical (unpaired) electrons. The molecular weight excluding hydrogens is 230 g/mol. The molecular formula is C13H17N3O2. The van der Waals surface area contributed by atoms with Gasteiger partial charge in [0.15, 0.2) is 5.84 Å². The van der Waals surface area contributed by atoms with Gasteiger partial charge in [0.25, 0.3) is 5.91 Å². The number of nitrogens with one attached hydrogen (secondary N) is 2. The summed E-state index contributed by atoms with van der Waals surface area (Å²) >= 11 is 0. The molecule has 1 amide bonds. The van der Waals surface area contributed by atoms with Gasteiger partial charge in [-0.3, -0.25) is 9.79 Å².